The summed E-state index contributed by atoms with van der Waals surface area (Å²) in [5.74, 6) is 0.553. The van der Waals surface area contributed by atoms with Crippen molar-refractivity contribution in [2.75, 3.05) is 19.0 Å². The maximum Gasteiger partial charge on any atom is 0.351 e. The van der Waals surface area contributed by atoms with E-state index in [1.807, 2.05) is 6.92 Å². The van der Waals surface area contributed by atoms with E-state index in [0.717, 1.165) is 5.56 Å². The Morgan fingerprint density at radius 3 is 3.00 bits per heavy atom. The molecule has 3 atom stereocenters. The van der Waals surface area contributed by atoms with E-state index in [1.54, 1.807) is 13.2 Å². The van der Waals surface area contributed by atoms with Gasteiger partial charge >= 0.3 is 5.69 Å². The van der Waals surface area contributed by atoms with Gasteiger partial charge in [-0.1, -0.05) is 0 Å². The molecule has 0 saturated carbocycles. The van der Waals surface area contributed by atoms with E-state index >= 15 is 0 Å². The van der Waals surface area contributed by atoms with Gasteiger partial charge in [0.1, 0.15) is 12.0 Å². The number of aromatic nitrogens is 2. The minimum Gasteiger partial charge on any atom is -0.394 e. The molecular weight excluding hydrogens is 236 g/mol. The Kier molecular flexibility index (Phi) is 3.65. The Bertz CT molecular complexity index is 488. The first kappa shape index (κ1) is 13.0. The first-order valence-electron chi connectivity index (χ1n) is 5.86. The Hall–Kier alpha value is -1.44. The highest BCUT2D eigenvalue weighted by molar-refractivity contribution is 5.40. The number of anilines is 1. The maximum atomic E-state index is 11.9. The van der Waals surface area contributed by atoms with Crippen LogP contribution in [-0.2, 0) is 4.74 Å². The minimum atomic E-state index is -0.457. The summed E-state index contributed by atoms with van der Waals surface area (Å²) in [6.45, 7) is 1.71. The van der Waals surface area contributed by atoms with Crippen LogP contribution < -0.4 is 16.7 Å². The van der Waals surface area contributed by atoms with E-state index in [2.05, 4.69) is 10.3 Å². The number of hydrogen-bond acceptors (Lipinski definition) is 6. The van der Waals surface area contributed by atoms with Crippen molar-refractivity contribution in [1.29, 1.82) is 0 Å². The minimum absolute atomic E-state index is 0.145. The molecular formula is C11H18N4O3. The molecule has 0 radical (unpaired) electrons. The Balaban J connectivity index is 2.30. The predicted molar refractivity (Wildman–Crippen MR) is 66.4 cm³/mol. The number of nitrogens with one attached hydrogen (secondary N) is 1. The molecule has 1 aliphatic heterocycles. The number of nitrogens with two attached hydrogens (primary N) is 1. The number of aryl methyl sites for hydroxylation is 1. The maximum absolute atomic E-state index is 11.9. The fourth-order valence-corrected chi connectivity index (χ4v) is 2.13. The molecule has 0 amide bonds. The molecule has 1 aliphatic rings. The van der Waals surface area contributed by atoms with Crippen LogP contribution in [0.5, 0.6) is 0 Å². The number of rotatable bonds is 3. The second kappa shape index (κ2) is 5.05. The van der Waals surface area contributed by atoms with Crippen molar-refractivity contribution in [2.45, 2.75) is 31.7 Å². The number of hydrogen-bond donors (Lipinski definition) is 3. The zero-order chi connectivity index (χ0) is 13.3. The molecule has 18 heavy (non-hydrogen) atoms. The average molecular weight is 254 g/mol. The van der Waals surface area contributed by atoms with Gasteiger partial charge in [0.2, 0.25) is 0 Å². The zero-order valence-corrected chi connectivity index (χ0v) is 10.5. The Morgan fingerprint density at radius 2 is 2.44 bits per heavy atom. The second-order valence-electron chi connectivity index (χ2n) is 4.42. The standard InChI is InChI=1S/C11H18N4O3/c1-6-4-15(11(17)14-10(6)13-2)9-3-7(12)8(5-16)18-9/h4,7-9,16H,3,5,12H2,1-2H3,(H,13,14,17)/t7-,8+,9+/m0/s1. The van der Waals surface area contributed by atoms with E-state index in [9.17, 15) is 4.79 Å². The lowest BCUT2D eigenvalue weighted by Crippen LogP contribution is -2.32. The number of aliphatic hydroxyl groups is 1. The van der Waals surface area contributed by atoms with Crippen LogP contribution in [0.15, 0.2) is 11.0 Å². The predicted octanol–water partition coefficient (Wildman–Crippen LogP) is -0.799. The highest BCUT2D eigenvalue weighted by Gasteiger charge is 2.33. The lowest BCUT2D eigenvalue weighted by Gasteiger charge is -2.16. The van der Waals surface area contributed by atoms with Gasteiger partial charge in [-0.05, 0) is 6.92 Å². The van der Waals surface area contributed by atoms with E-state index < -0.39 is 12.3 Å². The third-order valence-corrected chi connectivity index (χ3v) is 3.14. The molecule has 0 spiro atoms. The van der Waals surface area contributed by atoms with Crippen LogP contribution in [0.3, 0.4) is 0 Å². The molecule has 0 unspecified atom stereocenters. The third-order valence-electron chi connectivity index (χ3n) is 3.14. The van der Waals surface area contributed by atoms with E-state index in [-0.39, 0.29) is 18.3 Å². The van der Waals surface area contributed by atoms with Crippen molar-refractivity contribution in [3.8, 4) is 0 Å². The molecule has 7 nitrogen and oxygen atoms in total. The Labute approximate surface area is 105 Å². The van der Waals surface area contributed by atoms with Gasteiger partial charge in [-0.15, -0.1) is 0 Å². The van der Waals surface area contributed by atoms with Crippen LogP contribution >= 0.6 is 0 Å². The van der Waals surface area contributed by atoms with Gasteiger partial charge in [0, 0.05) is 31.3 Å². The van der Waals surface area contributed by atoms with Gasteiger partial charge in [0.15, 0.2) is 0 Å². The molecule has 1 aromatic heterocycles. The van der Waals surface area contributed by atoms with E-state index in [4.69, 9.17) is 15.6 Å². The Morgan fingerprint density at radius 1 is 1.72 bits per heavy atom. The normalized spacial score (nSPS) is 27.4. The molecule has 0 bridgehead atoms. The summed E-state index contributed by atoms with van der Waals surface area (Å²) >= 11 is 0. The first-order valence-corrected chi connectivity index (χ1v) is 5.86. The zero-order valence-electron chi connectivity index (χ0n) is 10.5. The van der Waals surface area contributed by atoms with Crippen molar-refractivity contribution < 1.29 is 9.84 Å². The van der Waals surface area contributed by atoms with Crippen LogP contribution in [0.1, 0.15) is 18.2 Å². The molecule has 2 rings (SSSR count). The lowest BCUT2D eigenvalue weighted by molar-refractivity contribution is -0.0271. The van der Waals surface area contributed by atoms with Crippen LogP contribution in [-0.4, -0.2) is 40.5 Å². The molecule has 1 aromatic rings. The highest BCUT2D eigenvalue weighted by atomic mass is 16.5. The van der Waals surface area contributed by atoms with Crippen molar-refractivity contribution in [3.05, 3.63) is 22.2 Å². The van der Waals surface area contributed by atoms with Crippen LogP contribution in [0.25, 0.3) is 0 Å². The second-order valence-corrected chi connectivity index (χ2v) is 4.42. The van der Waals surface area contributed by atoms with E-state index in [1.165, 1.54) is 4.57 Å². The summed E-state index contributed by atoms with van der Waals surface area (Å²) in [6.07, 6.45) is 1.30. The molecule has 0 aliphatic carbocycles. The van der Waals surface area contributed by atoms with Crippen LogP contribution in [0.4, 0.5) is 5.82 Å². The number of nitrogens with zero attached hydrogens (tertiary/aromatic N) is 2. The third kappa shape index (κ3) is 2.24. The SMILES string of the molecule is CNc1nc(=O)n([C@H]2C[C@H](N)[C@@H](CO)O2)cc1C. The van der Waals surface area contributed by atoms with Gasteiger partial charge in [-0.2, -0.15) is 4.98 Å². The van der Waals surface area contributed by atoms with Crippen LogP contribution in [0, 0.1) is 6.92 Å². The average Bonchev–Trinajstić information content (AvgIpc) is 2.72. The molecule has 4 N–H and O–H groups in total. The summed E-state index contributed by atoms with van der Waals surface area (Å²) in [6, 6.07) is -0.267. The summed E-state index contributed by atoms with van der Waals surface area (Å²) < 4.78 is 6.97. The molecule has 1 fully saturated rings. The van der Waals surface area contributed by atoms with Crippen molar-refractivity contribution in [2.24, 2.45) is 5.73 Å². The fourth-order valence-electron chi connectivity index (χ4n) is 2.13. The lowest BCUT2D eigenvalue weighted by atomic mass is 10.1. The number of ether oxygens (including phenoxy) is 1. The first-order chi connectivity index (χ1) is 8.56. The van der Waals surface area contributed by atoms with Gasteiger partial charge in [-0.3, -0.25) is 4.57 Å². The van der Waals surface area contributed by atoms with Gasteiger partial charge in [-0.25, -0.2) is 4.79 Å². The topological polar surface area (TPSA) is 102 Å². The summed E-state index contributed by atoms with van der Waals surface area (Å²) in [7, 11) is 1.71. The quantitative estimate of drug-likeness (QED) is 0.652. The summed E-state index contributed by atoms with van der Waals surface area (Å²) in [5, 5.41) is 11.9. The van der Waals surface area contributed by atoms with Crippen LogP contribution in [0.2, 0.25) is 0 Å². The molecule has 7 heteroatoms. The van der Waals surface area contributed by atoms with Crippen molar-refractivity contribution in [3.63, 3.8) is 0 Å². The van der Waals surface area contributed by atoms with Gasteiger partial charge in [0.05, 0.1) is 12.7 Å². The number of aliphatic hydroxyl groups excluding tert-OH is 1. The van der Waals surface area contributed by atoms with Crippen molar-refractivity contribution in [1.82, 2.24) is 9.55 Å². The van der Waals surface area contributed by atoms with E-state index in [0.29, 0.717) is 12.2 Å². The summed E-state index contributed by atoms with van der Waals surface area (Å²) in [4.78, 5) is 15.8. The monoisotopic (exact) mass is 254 g/mol. The fraction of sp³-hybridized carbons (Fsp3) is 0.636. The molecule has 100 valence electrons. The highest BCUT2D eigenvalue weighted by Crippen LogP contribution is 2.26. The van der Waals surface area contributed by atoms with Gasteiger partial charge in [0.25, 0.3) is 0 Å². The largest absolute Gasteiger partial charge is 0.394 e. The van der Waals surface area contributed by atoms with Crippen molar-refractivity contribution >= 4 is 5.82 Å². The molecule has 0 aromatic carbocycles. The summed E-state index contributed by atoms with van der Waals surface area (Å²) in [5.41, 5.74) is 6.29. The smallest absolute Gasteiger partial charge is 0.351 e. The molecule has 1 saturated heterocycles. The van der Waals surface area contributed by atoms with Gasteiger partial charge < -0.3 is 20.9 Å². The molecule has 2 heterocycles.